The second-order valence-electron chi connectivity index (χ2n) is 5.69. The van der Waals surface area contributed by atoms with E-state index >= 15 is 0 Å². The number of hydrogen-bond donors (Lipinski definition) is 0. The predicted octanol–water partition coefficient (Wildman–Crippen LogP) is 3.58. The number of carbonyl (C=O) groups excluding carboxylic acids is 2. The number of ether oxygens (including phenoxy) is 4. The van der Waals surface area contributed by atoms with Gasteiger partial charge in [-0.15, -0.1) is 0 Å². The van der Waals surface area contributed by atoms with Gasteiger partial charge in [0.15, 0.2) is 17.2 Å². The summed E-state index contributed by atoms with van der Waals surface area (Å²) in [6.07, 6.45) is 1.55. The summed E-state index contributed by atoms with van der Waals surface area (Å²) in [5.74, 6) is -0.0873. The van der Waals surface area contributed by atoms with E-state index in [1.807, 2.05) is 24.3 Å². The molecular weight excluding hydrogens is 477 g/mol. The summed E-state index contributed by atoms with van der Waals surface area (Å²) in [4.78, 5) is 27.8. The van der Waals surface area contributed by atoms with E-state index in [9.17, 15) is 9.59 Å². The van der Waals surface area contributed by atoms with E-state index in [-0.39, 0.29) is 28.8 Å². The van der Waals surface area contributed by atoms with Crippen LogP contribution in [0.5, 0.6) is 17.2 Å². The van der Waals surface area contributed by atoms with Gasteiger partial charge in [0.05, 0.1) is 14.2 Å². The molecule has 1 aliphatic heterocycles. The van der Waals surface area contributed by atoms with Crippen molar-refractivity contribution >= 4 is 46.5 Å². The van der Waals surface area contributed by atoms with E-state index in [4.69, 9.17) is 18.9 Å². The molecule has 0 spiro atoms. The zero-order valence-corrected chi connectivity index (χ0v) is 17.5. The van der Waals surface area contributed by atoms with Crippen molar-refractivity contribution in [2.75, 3.05) is 14.2 Å². The summed E-state index contributed by atoms with van der Waals surface area (Å²) < 4.78 is 22.0. The molecule has 0 radical (unpaired) electrons. The highest BCUT2D eigenvalue weighted by Crippen LogP contribution is 2.39. The molecule has 7 nitrogen and oxygen atoms in total. The number of benzene rings is 2. The molecule has 0 bridgehead atoms. The number of nitrogens with zero attached hydrogens (tertiary/aromatic N) is 1. The van der Waals surface area contributed by atoms with Crippen molar-refractivity contribution in [3.8, 4) is 17.2 Å². The second-order valence-corrected chi connectivity index (χ2v) is 6.94. The molecule has 1 heterocycles. The summed E-state index contributed by atoms with van der Waals surface area (Å²) in [6, 6.07) is 10.7. The van der Waals surface area contributed by atoms with Gasteiger partial charge in [0.25, 0.3) is 0 Å². The molecule has 0 atom stereocenters. The van der Waals surface area contributed by atoms with Crippen molar-refractivity contribution in [1.82, 2.24) is 0 Å². The van der Waals surface area contributed by atoms with Crippen molar-refractivity contribution in [3.05, 3.63) is 56.8 Å². The van der Waals surface area contributed by atoms with Crippen molar-refractivity contribution < 1.29 is 28.5 Å². The molecule has 8 heteroatoms. The number of cyclic esters (lactones) is 1. The van der Waals surface area contributed by atoms with Crippen LogP contribution in [0.25, 0.3) is 6.08 Å². The average molecular weight is 493 g/mol. The Morgan fingerprint density at radius 1 is 1.14 bits per heavy atom. The summed E-state index contributed by atoms with van der Waals surface area (Å²) in [6.45, 7) is 1.28. The van der Waals surface area contributed by atoms with Gasteiger partial charge in [-0.05, 0) is 64.6 Å². The summed E-state index contributed by atoms with van der Waals surface area (Å²) in [5, 5.41) is 0. The zero-order valence-electron chi connectivity index (χ0n) is 15.3. The van der Waals surface area contributed by atoms with Crippen LogP contribution >= 0.6 is 22.6 Å². The molecule has 144 valence electrons. The summed E-state index contributed by atoms with van der Waals surface area (Å²) in [5.41, 5.74) is 1.42. The van der Waals surface area contributed by atoms with Gasteiger partial charge in [-0.3, -0.25) is 4.79 Å². The highest BCUT2D eigenvalue weighted by molar-refractivity contribution is 14.1. The van der Waals surface area contributed by atoms with Gasteiger partial charge in [-0.1, -0.05) is 6.07 Å². The Morgan fingerprint density at radius 2 is 1.82 bits per heavy atom. The lowest BCUT2D eigenvalue weighted by Crippen LogP contribution is -2.06. The molecule has 0 unspecified atom stereocenters. The number of halogens is 1. The molecule has 0 saturated heterocycles. The molecular formula is C20H16INO6. The number of esters is 2. The minimum absolute atomic E-state index is 0.137. The van der Waals surface area contributed by atoms with E-state index in [1.165, 1.54) is 21.1 Å². The van der Waals surface area contributed by atoms with Gasteiger partial charge in [-0.2, -0.15) is 0 Å². The van der Waals surface area contributed by atoms with Crippen LogP contribution in [0.1, 0.15) is 18.1 Å². The van der Waals surface area contributed by atoms with E-state index in [0.717, 1.165) is 3.57 Å². The zero-order chi connectivity index (χ0) is 20.3. The first kappa shape index (κ1) is 19.9. The fraction of sp³-hybridized carbons (Fsp3) is 0.150. The first-order valence-corrected chi connectivity index (χ1v) is 9.22. The Labute approximate surface area is 175 Å². The molecule has 0 amide bonds. The highest BCUT2D eigenvalue weighted by Gasteiger charge is 2.25. The molecule has 2 aromatic rings. The Hall–Kier alpha value is -2.88. The van der Waals surface area contributed by atoms with Crippen molar-refractivity contribution in [2.24, 2.45) is 4.99 Å². The molecule has 0 aliphatic carbocycles. The third-order valence-corrected chi connectivity index (χ3v) is 4.40. The fourth-order valence-corrected chi connectivity index (χ4v) is 3.08. The van der Waals surface area contributed by atoms with Crippen LogP contribution in [0.15, 0.2) is 47.1 Å². The summed E-state index contributed by atoms with van der Waals surface area (Å²) in [7, 11) is 2.88. The van der Waals surface area contributed by atoms with E-state index < -0.39 is 11.9 Å². The normalized spacial score (nSPS) is 14.5. The van der Waals surface area contributed by atoms with E-state index in [1.54, 1.807) is 18.2 Å². The maximum Gasteiger partial charge on any atom is 0.363 e. The van der Waals surface area contributed by atoms with Crippen LogP contribution in [0.4, 0.5) is 0 Å². The van der Waals surface area contributed by atoms with Crippen molar-refractivity contribution in [1.29, 1.82) is 0 Å². The van der Waals surface area contributed by atoms with Gasteiger partial charge in [0.2, 0.25) is 11.6 Å². The SMILES string of the molecule is COc1cc(/C=C2/N=C(c3cccc(I)c3)OC2=O)cc(OC)c1OC(C)=O. The molecule has 1 aliphatic rings. The van der Waals surface area contributed by atoms with Crippen molar-refractivity contribution in [3.63, 3.8) is 0 Å². The molecule has 0 aromatic heterocycles. The van der Waals surface area contributed by atoms with Crippen LogP contribution in [0.2, 0.25) is 0 Å². The molecule has 3 rings (SSSR count). The number of aliphatic imine (C=N–C) groups is 1. The molecule has 0 N–H and O–H groups in total. The van der Waals surface area contributed by atoms with E-state index in [2.05, 4.69) is 27.6 Å². The quantitative estimate of drug-likeness (QED) is 0.274. The number of carbonyl (C=O) groups is 2. The van der Waals surface area contributed by atoms with Crippen LogP contribution < -0.4 is 14.2 Å². The monoisotopic (exact) mass is 493 g/mol. The Kier molecular flexibility index (Phi) is 5.98. The minimum atomic E-state index is -0.559. The van der Waals surface area contributed by atoms with Gasteiger partial charge < -0.3 is 18.9 Å². The molecule has 2 aromatic carbocycles. The fourth-order valence-electron chi connectivity index (χ4n) is 2.54. The molecule has 28 heavy (non-hydrogen) atoms. The first-order chi connectivity index (χ1) is 13.4. The number of methoxy groups -OCH3 is 2. The number of rotatable bonds is 5. The third kappa shape index (κ3) is 4.33. The topological polar surface area (TPSA) is 83.4 Å². The van der Waals surface area contributed by atoms with Crippen molar-refractivity contribution in [2.45, 2.75) is 6.92 Å². The smallest absolute Gasteiger partial charge is 0.363 e. The largest absolute Gasteiger partial charge is 0.493 e. The molecule has 0 saturated carbocycles. The average Bonchev–Trinajstić information content (AvgIpc) is 3.02. The maximum absolute atomic E-state index is 12.2. The van der Waals surface area contributed by atoms with Crippen LogP contribution in [-0.4, -0.2) is 32.1 Å². The van der Waals surface area contributed by atoms with Gasteiger partial charge in [-0.25, -0.2) is 9.79 Å². The Bertz CT molecular complexity index is 987. The van der Waals surface area contributed by atoms with Crippen LogP contribution in [0, 0.1) is 3.57 Å². The lowest BCUT2D eigenvalue weighted by Gasteiger charge is -2.13. The number of hydrogen-bond acceptors (Lipinski definition) is 7. The first-order valence-electron chi connectivity index (χ1n) is 8.14. The molecule has 0 fully saturated rings. The maximum atomic E-state index is 12.2. The van der Waals surface area contributed by atoms with E-state index in [0.29, 0.717) is 11.1 Å². The van der Waals surface area contributed by atoms with Gasteiger partial charge in [0.1, 0.15) is 0 Å². The van der Waals surface area contributed by atoms with Crippen LogP contribution in [-0.2, 0) is 14.3 Å². The third-order valence-electron chi connectivity index (χ3n) is 3.72. The Balaban J connectivity index is 2.00. The highest BCUT2D eigenvalue weighted by atomic mass is 127. The van der Waals surface area contributed by atoms with Gasteiger partial charge in [0, 0.05) is 16.1 Å². The van der Waals surface area contributed by atoms with Gasteiger partial charge >= 0.3 is 11.9 Å². The van der Waals surface area contributed by atoms with Crippen LogP contribution in [0.3, 0.4) is 0 Å². The Morgan fingerprint density at radius 3 is 2.39 bits per heavy atom. The minimum Gasteiger partial charge on any atom is -0.493 e. The lowest BCUT2D eigenvalue weighted by molar-refractivity contribution is -0.132. The summed E-state index contributed by atoms with van der Waals surface area (Å²) >= 11 is 2.17. The lowest BCUT2D eigenvalue weighted by atomic mass is 10.1. The predicted molar refractivity (Wildman–Crippen MR) is 111 cm³/mol. The second kappa shape index (κ2) is 8.42. The standard InChI is InChI=1S/C20H16INO6/c1-11(23)27-18-16(25-2)8-12(9-17(18)26-3)7-15-20(24)28-19(22-15)13-5-4-6-14(21)10-13/h4-10H,1-3H3/b15-7+.